The molecule has 0 atom stereocenters. The van der Waals surface area contributed by atoms with Crippen LogP contribution in [0.15, 0.2) is 24.3 Å². The summed E-state index contributed by atoms with van der Waals surface area (Å²) < 4.78 is 15.2. The third-order valence-electron chi connectivity index (χ3n) is 2.18. The fourth-order valence-electron chi connectivity index (χ4n) is 1.39. The lowest BCUT2D eigenvalue weighted by atomic mass is 10.3. The highest BCUT2D eigenvalue weighted by Gasteiger charge is 2.10. The topological polar surface area (TPSA) is 61.8 Å². The molecular weight excluding hydrogens is 248 g/mol. The maximum atomic E-state index is 11.4. The van der Waals surface area contributed by atoms with Crippen LogP contribution >= 0.6 is 0 Å². The minimum Gasteiger partial charge on any atom is -0.494 e. The van der Waals surface area contributed by atoms with Crippen LogP contribution in [-0.4, -0.2) is 31.6 Å². The quantitative estimate of drug-likeness (QED) is 0.532. The number of Topliss-reactive ketones (excluding diaryl/α,β-unsaturated/α-hetero) is 1. The van der Waals surface area contributed by atoms with E-state index in [4.69, 9.17) is 9.47 Å². The normalized spacial score (nSPS) is 9.79. The summed E-state index contributed by atoms with van der Waals surface area (Å²) in [6.45, 7) is 4.31. The summed E-state index contributed by atoms with van der Waals surface area (Å²) in [4.78, 5) is 22.5. The molecule has 5 heteroatoms. The van der Waals surface area contributed by atoms with Crippen LogP contribution in [0.3, 0.4) is 0 Å². The zero-order valence-corrected chi connectivity index (χ0v) is 11.2. The Morgan fingerprint density at radius 2 is 1.53 bits per heavy atom. The molecule has 0 aliphatic rings. The average Bonchev–Trinajstić information content (AvgIpc) is 2.38. The summed E-state index contributed by atoms with van der Waals surface area (Å²) in [6.07, 6.45) is -0.259. The van der Waals surface area contributed by atoms with Gasteiger partial charge in [-0.25, -0.2) is 0 Å². The molecule has 0 saturated carbocycles. The van der Waals surface area contributed by atoms with Crippen LogP contribution < -0.4 is 9.47 Å². The molecule has 0 N–H and O–H groups in total. The predicted molar refractivity (Wildman–Crippen MR) is 69.4 cm³/mol. The minimum atomic E-state index is -0.525. The van der Waals surface area contributed by atoms with Gasteiger partial charge in [0.05, 0.1) is 13.2 Å². The van der Waals surface area contributed by atoms with Crippen molar-refractivity contribution in [3.05, 3.63) is 24.3 Å². The first kappa shape index (κ1) is 15.0. The molecule has 0 unspecified atom stereocenters. The Bertz CT molecular complexity index is 410. The highest BCUT2D eigenvalue weighted by Crippen LogP contribution is 2.17. The van der Waals surface area contributed by atoms with Crippen molar-refractivity contribution >= 4 is 11.8 Å². The Kier molecular flexibility index (Phi) is 6.43. The monoisotopic (exact) mass is 266 g/mol. The predicted octanol–water partition coefficient (Wildman–Crippen LogP) is 1.99. The molecule has 0 bridgehead atoms. The van der Waals surface area contributed by atoms with Gasteiger partial charge in [0.2, 0.25) is 0 Å². The van der Waals surface area contributed by atoms with Crippen LogP contribution in [-0.2, 0) is 14.3 Å². The molecule has 0 radical (unpaired) electrons. The van der Waals surface area contributed by atoms with Crippen LogP contribution in [0.4, 0.5) is 0 Å². The van der Waals surface area contributed by atoms with Crippen molar-refractivity contribution in [2.45, 2.75) is 20.3 Å². The van der Waals surface area contributed by atoms with Crippen molar-refractivity contribution in [1.29, 1.82) is 0 Å². The van der Waals surface area contributed by atoms with Crippen molar-refractivity contribution < 1.29 is 23.8 Å². The van der Waals surface area contributed by atoms with Gasteiger partial charge in [-0.3, -0.25) is 9.59 Å². The molecule has 1 rings (SSSR count). The van der Waals surface area contributed by atoms with E-state index >= 15 is 0 Å². The fourth-order valence-corrected chi connectivity index (χ4v) is 1.39. The number of benzene rings is 1. The van der Waals surface area contributed by atoms with Crippen molar-refractivity contribution in [3.8, 4) is 11.5 Å². The Labute approximate surface area is 112 Å². The summed E-state index contributed by atoms with van der Waals surface area (Å²) in [6, 6.07) is 6.94. The number of hydrogen-bond acceptors (Lipinski definition) is 5. The maximum absolute atomic E-state index is 11.4. The van der Waals surface area contributed by atoms with E-state index in [0.717, 1.165) is 5.75 Å². The minimum absolute atomic E-state index is 0.146. The first-order chi connectivity index (χ1) is 9.15. The van der Waals surface area contributed by atoms with Crippen LogP contribution in [0.25, 0.3) is 0 Å². The summed E-state index contributed by atoms with van der Waals surface area (Å²) in [7, 11) is 0. The average molecular weight is 266 g/mol. The van der Waals surface area contributed by atoms with Gasteiger partial charge in [0.15, 0.2) is 5.78 Å². The van der Waals surface area contributed by atoms with Gasteiger partial charge in [0, 0.05) is 0 Å². The van der Waals surface area contributed by atoms with E-state index in [1.165, 1.54) is 0 Å². The van der Waals surface area contributed by atoms with E-state index in [-0.39, 0.29) is 25.4 Å². The lowest BCUT2D eigenvalue weighted by Crippen LogP contribution is -2.17. The number of ketones is 1. The van der Waals surface area contributed by atoms with E-state index in [1.54, 1.807) is 31.2 Å². The van der Waals surface area contributed by atoms with Crippen molar-refractivity contribution in [2.75, 3.05) is 19.8 Å². The molecule has 104 valence electrons. The summed E-state index contributed by atoms with van der Waals surface area (Å²) in [5, 5.41) is 0. The molecule has 5 nitrogen and oxygen atoms in total. The number of rotatable bonds is 8. The second-order valence-electron chi connectivity index (χ2n) is 3.71. The fraction of sp³-hybridized carbons (Fsp3) is 0.429. The van der Waals surface area contributed by atoms with Gasteiger partial charge in [-0.2, -0.15) is 0 Å². The van der Waals surface area contributed by atoms with E-state index in [9.17, 15) is 9.59 Å². The summed E-state index contributed by atoms with van der Waals surface area (Å²) in [5.41, 5.74) is 0. The van der Waals surface area contributed by atoms with Gasteiger partial charge in [-0.1, -0.05) is 0 Å². The largest absolute Gasteiger partial charge is 0.494 e. The molecule has 0 aliphatic heterocycles. The van der Waals surface area contributed by atoms with Crippen LogP contribution in [0, 0.1) is 0 Å². The second-order valence-corrected chi connectivity index (χ2v) is 3.71. The Morgan fingerprint density at radius 3 is 2.05 bits per heavy atom. The van der Waals surface area contributed by atoms with E-state index in [0.29, 0.717) is 12.4 Å². The number of hydrogen-bond donors (Lipinski definition) is 0. The maximum Gasteiger partial charge on any atom is 0.313 e. The highest BCUT2D eigenvalue weighted by molar-refractivity contribution is 5.96. The van der Waals surface area contributed by atoms with E-state index in [1.807, 2.05) is 6.92 Å². The van der Waals surface area contributed by atoms with Gasteiger partial charge in [-0.15, -0.1) is 0 Å². The molecule has 1 aromatic carbocycles. The SMILES string of the molecule is CCOC(=O)CC(=O)COc1ccc(OCC)cc1. The van der Waals surface area contributed by atoms with Gasteiger partial charge in [-0.05, 0) is 38.1 Å². The zero-order valence-electron chi connectivity index (χ0n) is 11.2. The third-order valence-corrected chi connectivity index (χ3v) is 2.18. The van der Waals surface area contributed by atoms with Crippen LogP contribution in [0.2, 0.25) is 0 Å². The van der Waals surface area contributed by atoms with E-state index < -0.39 is 5.97 Å². The summed E-state index contributed by atoms with van der Waals surface area (Å²) >= 11 is 0. The Morgan fingerprint density at radius 1 is 0.947 bits per heavy atom. The van der Waals surface area contributed by atoms with Gasteiger partial charge in [0.1, 0.15) is 24.5 Å². The number of esters is 1. The first-order valence-electron chi connectivity index (χ1n) is 6.18. The lowest BCUT2D eigenvalue weighted by molar-refractivity contribution is -0.145. The molecule has 0 heterocycles. The standard InChI is InChI=1S/C14H18O5/c1-3-17-12-5-7-13(8-6-12)19-10-11(15)9-14(16)18-4-2/h5-8H,3-4,9-10H2,1-2H3. The van der Waals surface area contributed by atoms with Gasteiger partial charge in [0.25, 0.3) is 0 Å². The molecular formula is C14H18O5. The molecule has 0 saturated heterocycles. The smallest absolute Gasteiger partial charge is 0.313 e. The van der Waals surface area contributed by atoms with Gasteiger partial charge >= 0.3 is 5.97 Å². The summed E-state index contributed by atoms with van der Waals surface area (Å²) in [5.74, 6) is 0.462. The first-order valence-corrected chi connectivity index (χ1v) is 6.18. The van der Waals surface area contributed by atoms with Crippen molar-refractivity contribution in [2.24, 2.45) is 0 Å². The molecule has 0 amide bonds. The molecule has 0 fully saturated rings. The van der Waals surface area contributed by atoms with Crippen molar-refractivity contribution in [3.63, 3.8) is 0 Å². The number of ether oxygens (including phenoxy) is 3. The molecule has 0 spiro atoms. The van der Waals surface area contributed by atoms with Gasteiger partial charge < -0.3 is 14.2 Å². The third kappa shape index (κ3) is 5.90. The number of carbonyl (C=O) groups excluding carboxylic acids is 2. The lowest BCUT2D eigenvalue weighted by Gasteiger charge is -2.07. The van der Waals surface area contributed by atoms with Crippen LogP contribution in [0.1, 0.15) is 20.3 Å². The number of carbonyl (C=O) groups is 2. The van der Waals surface area contributed by atoms with E-state index in [2.05, 4.69) is 4.74 Å². The zero-order chi connectivity index (χ0) is 14.1. The van der Waals surface area contributed by atoms with Crippen LogP contribution in [0.5, 0.6) is 11.5 Å². The molecule has 0 aromatic heterocycles. The Hall–Kier alpha value is -2.04. The molecule has 1 aromatic rings. The Balaban J connectivity index is 2.35. The second kappa shape index (κ2) is 8.13. The highest BCUT2D eigenvalue weighted by atomic mass is 16.5. The molecule has 19 heavy (non-hydrogen) atoms. The molecule has 0 aliphatic carbocycles. The van der Waals surface area contributed by atoms with Crippen molar-refractivity contribution in [1.82, 2.24) is 0 Å².